The number of carbonyl (C=O) groups is 1. The first-order chi connectivity index (χ1) is 9.69. The molecule has 0 unspecified atom stereocenters. The standard InChI is InChI=1S/C16H20O4/c17-9-13-12(14-5-6-15(13)20-14)7-10-3-1-2-4-11(10)8-16(18)19/h1-4,12-15,17H,5-9H2,(H,18,19)/t12-,13+,14+,15-/m1/s1. The SMILES string of the molecule is O=C(O)Cc1ccccc1C[C@@H]1[C@H](CO)[C@H]2CC[C@@H]1O2. The molecule has 0 spiro atoms. The first-order valence-corrected chi connectivity index (χ1v) is 7.24. The molecule has 2 heterocycles. The van der Waals surface area contributed by atoms with Crippen LogP contribution in [0.4, 0.5) is 0 Å². The predicted octanol–water partition coefficient (Wildman–Crippen LogP) is 1.64. The second-order valence-electron chi connectivity index (χ2n) is 5.84. The predicted molar refractivity (Wildman–Crippen MR) is 73.4 cm³/mol. The summed E-state index contributed by atoms with van der Waals surface area (Å²) in [6.07, 6.45) is 3.39. The number of aliphatic carboxylic acids is 1. The van der Waals surface area contributed by atoms with Crippen molar-refractivity contribution in [3.63, 3.8) is 0 Å². The Kier molecular flexibility index (Phi) is 3.76. The molecule has 2 aliphatic heterocycles. The Hall–Kier alpha value is -1.39. The number of benzene rings is 1. The third-order valence-electron chi connectivity index (χ3n) is 4.72. The highest BCUT2D eigenvalue weighted by molar-refractivity contribution is 5.70. The lowest BCUT2D eigenvalue weighted by molar-refractivity contribution is -0.136. The summed E-state index contributed by atoms with van der Waals surface area (Å²) in [4.78, 5) is 10.9. The van der Waals surface area contributed by atoms with Gasteiger partial charge in [0, 0.05) is 12.5 Å². The van der Waals surface area contributed by atoms with Crippen LogP contribution in [0.3, 0.4) is 0 Å². The molecule has 2 saturated heterocycles. The molecule has 1 aromatic carbocycles. The zero-order valence-corrected chi connectivity index (χ0v) is 11.4. The van der Waals surface area contributed by atoms with Crippen molar-refractivity contribution in [2.75, 3.05) is 6.61 Å². The molecule has 0 amide bonds. The van der Waals surface area contributed by atoms with E-state index in [1.165, 1.54) is 0 Å². The van der Waals surface area contributed by atoms with Crippen molar-refractivity contribution in [1.29, 1.82) is 0 Å². The van der Waals surface area contributed by atoms with E-state index < -0.39 is 5.97 Å². The fourth-order valence-corrected chi connectivity index (χ4v) is 3.75. The summed E-state index contributed by atoms with van der Waals surface area (Å²) in [5.41, 5.74) is 1.95. The van der Waals surface area contributed by atoms with Crippen molar-refractivity contribution in [2.24, 2.45) is 11.8 Å². The molecular weight excluding hydrogens is 256 g/mol. The Balaban J connectivity index is 1.79. The molecule has 0 radical (unpaired) electrons. The van der Waals surface area contributed by atoms with E-state index in [1.54, 1.807) is 0 Å². The second-order valence-corrected chi connectivity index (χ2v) is 5.84. The highest BCUT2D eigenvalue weighted by Gasteiger charge is 2.48. The van der Waals surface area contributed by atoms with Crippen LogP contribution >= 0.6 is 0 Å². The van der Waals surface area contributed by atoms with Crippen LogP contribution in [-0.2, 0) is 22.4 Å². The van der Waals surface area contributed by atoms with Gasteiger partial charge in [0.15, 0.2) is 0 Å². The van der Waals surface area contributed by atoms with Crippen molar-refractivity contribution in [3.05, 3.63) is 35.4 Å². The maximum absolute atomic E-state index is 10.9. The van der Waals surface area contributed by atoms with Crippen molar-refractivity contribution >= 4 is 5.97 Å². The van der Waals surface area contributed by atoms with E-state index in [0.29, 0.717) is 5.92 Å². The number of carboxylic acid groups (broad SMARTS) is 1. The minimum atomic E-state index is -0.805. The third kappa shape index (κ3) is 2.45. The number of carboxylic acids is 1. The molecule has 2 bridgehead atoms. The Morgan fingerprint density at radius 3 is 2.45 bits per heavy atom. The van der Waals surface area contributed by atoms with Crippen LogP contribution in [0.25, 0.3) is 0 Å². The molecule has 0 aliphatic carbocycles. The molecule has 2 fully saturated rings. The maximum atomic E-state index is 10.9. The van der Waals surface area contributed by atoms with E-state index in [4.69, 9.17) is 9.84 Å². The van der Waals surface area contributed by atoms with Crippen LogP contribution in [0.15, 0.2) is 24.3 Å². The fourth-order valence-electron chi connectivity index (χ4n) is 3.75. The topological polar surface area (TPSA) is 66.8 Å². The van der Waals surface area contributed by atoms with Gasteiger partial charge < -0.3 is 14.9 Å². The Labute approximate surface area is 118 Å². The first-order valence-electron chi connectivity index (χ1n) is 7.24. The number of hydrogen-bond acceptors (Lipinski definition) is 3. The van der Waals surface area contributed by atoms with Crippen LogP contribution in [0, 0.1) is 11.8 Å². The minimum absolute atomic E-state index is 0.0572. The van der Waals surface area contributed by atoms with Gasteiger partial charge in [-0.3, -0.25) is 4.79 Å². The molecule has 108 valence electrons. The molecule has 3 rings (SSSR count). The van der Waals surface area contributed by atoms with E-state index >= 15 is 0 Å². The second kappa shape index (κ2) is 5.54. The van der Waals surface area contributed by atoms with Crippen LogP contribution in [0.5, 0.6) is 0 Å². The highest BCUT2D eigenvalue weighted by Crippen LogP contribution is 2.44. The number of ether oxygens (including phenoxy) is 1. The van der Waals surface area contributed by atoms with Gasteiger partial charge in [-0.05, 0) is 36.3 Å². The van der Waals surface area contributed by atoms with Crippen molar-refractivity contribution in [2.45, 2.75) is 37.9 Å². The average Bonchev–Trinajstić information content (AvgIpc) is 3.01. The highest BCUT2D eigenvalue weighted by atomic mass is 16.5. The van der Waals surface area contributed by atoms with Crippen LogP contribution in [-0.4, -0.2) is 35.0 Å². The summed E-state index contributed by atoms with van der Waals surface area (Å²) in [7, 11) is 0. The molecule has 2 aliphatic rings. The average molecular weight is 276 g/mol. The van der Waals surface area contributed by atoms with Gasteiger partial charge in [0.2, 0.25) is 0 Å². The van der Waals surface area contributed by atoms with Gasteiger partial charge in [-0.1, -0.05) is 24.3 Å². The Bertz CT molecular complexity index is 499. The summed E-state index contributed by atoms with van der Waals surface area (Å²) in [5, 5.41) is 18.6. The molecule has 0 aromatic heterocycles. The number of aliphatic hydroxyl groups excluding tert-OH is 1. The summed E-state index contributed by atoms with van der Waals surface area (Å²) in [6, 6.07) is 7.70. The van der Waals surface area contributed by atoms with E-state index in [-0.39, 0.29) is 31.2 Å². The van der Waals surface area contributed by atoms with Gasteiger partial charge >= 0.3 is 5.97 Å². The summed E-state index contributed by atoms with van der Waals surface area (Å²) >= 11 is 0. The first kappa shape index (κ1) is 13.6. The van der Waals surface area contributed by atoms with E-state index in [2.05, 4.69) is 0 Å². The van der Waals surface area contributed by atoms with Gasteiger partial charge in [0.25, 0.3) is 0 Å². The van der Waals surface area contributed by atoms with Crippen molar-refractivity contribution in [1.82, 2.24) is 0 Å². The smallest absolute Gasteiger partial charge is 0.307 e. The number of hydrogen-bond donors (Lipinski definition) is 2. The number of fused-ring (bicyclic) bond motifs is 2. The fraction of sp³-hybridized carbons (Fsp3) is 0.562. The van der Waals surface area contributed by atoms with Crippen LogP contribution in [0.1, 0.15) is 24.0 Å². The van der Waals surface area contributed by atoms with Gasteiger partial charge in [-0.15, -0.1) is 0 Å². The molecule has 1 aromatic rings. The molecule has 0 saturated carbocycles. The lowest BCUT2D eigenvalue weighted by atomic mass is 9.76. The van der Waals surface area contributed by atoms with Gasteiger partial charge in [0.05, 0.1) is 18.6 Å². The maximum Gasteiger partial charge on any atom is 0.307 e. The van der Waals surface area contributed by atoms with E-state index in [1.807, 2.05) is 24.3 Å². The summed E-state index contributed by atoms with van der Waals surface area (Å²) in [5.74, 6) is -0.291. The van der Waals surface area contributed by atoms with Gasteiger partial charge in [-0.2, -0.15) is 0 Å². The number of aliphatic hydroxyl groups is 1. The molecule has 4 atom stereocenters. The van der Waals surface area contributed by atoms with E-state index in [9.17, 15) is 9.90 Å². The van der Waals surface area contributed by atoms with Gasteiger partial charge in [0.1, 0.15) is 0 Å². The van der Waals surface area contributed by atoms with Gasteiger partial charge in [-0.25, -0.2) is 0 Å². The third-order valence-corrected chi connectivity index (χ3v) is 4.72. The normalized spacial score (nSPS) is 31.6. The number of rotatable bonds is 5. The molecule has 4 nitrogen and oxygen atoms in total. The summed E-state index contributed by atoms with van der Waals surface area (Å²) < 4.78 is 5.91. The van der Waals surface area contributed by atoms with E-state index in [0.717, 1.165) is 30.4 Å². The summed E-state index contributed by atoms with van der Waals surface area (Å²) in [6.45, 7) is 0.160. The Morgan fingerprint density at radius 1 is 1.15 bits per heavy atom. The molecule has 20 heavy (non-hydrogen) atoms. The zero-order valence-electron chi connectivity index (χ0n) is 11.4. The zero-order chi connectivity index (χ0) is 14.1. The van der Waals surface area contributed by atoms with Crippen molar-refractivity contribution < 1.29 is 19.7 Å². The van der Waals surface area contributed by atoms with Crippen LogP contribution < -0.4 is 0 Å². The minimum Gasteiger partial charge on any atom is -0.481 e. The monoisotopic (exact) mass is 276 g/mol. The lowest BCUT2D eigenvalue weighted by Gasteiger charge is -2.27. The Morgan fingerprint density at radius 2 is 1.80 bits per heavy atom. The van der Waals surface area contributed by atoms with Crippen molar-refractivity contribution in [3.8, 4) is 0 Å². The quantitative estimate of drug-likeness (QED) is 0.858. The molecular formula is C16H20O4. The largest absolute Gasteiger partial charge is 0.481 e. The molecule has 2 N–H and O–H groups in total. The van der Waals surface area contributed by atoms with Crippen LogP contribution in [0.2, 0.25) is 0 Å². The lowest BCUT2D eigenvalue weighted by Crippen LogP contribution is -2.31. The molecule has 4 heteroatoms.